The van der Waals surface area contributed by atoms with Crippen LogP contribution in [0.5, 0.6) is 0 Å². The van der Waals surface area contributed by atoms with Crippen LogP contribution in [0.2, 0.25) is 0 Å². The van der Waals surface area contributed by atoms with Gasteiger partial charge in [-0.3, -0.25) is 4.79 Å². The molecule has 0 unspecified atom stereocenters. The average Bonchev–Trinajstić information content (AvgIpc) is 2.08. The van der Waals surface area contributed by atoms with Gasteiger partial charge < -0.3 is 4.74 Å². The number of methoxy groups -OCH3 is 1. The maximum atomic E-state index is 12.2. The molecule has 0 atom stereocenters. The Bertz CT molecular complexity index is 354. The Morgan fingerprint density at radius 1 is 1.29 bits per heavy atom. The minimum Gasteiger partial charge on any atom is -0.468 e. The number of sulfonamides is 1. The van der Waals surface area contributed by atoms with Crippen LogP contribution in [0.15, 0.2) is 0 Å². The fraction of sp³-hybridized carbons (Fsp3) is 0.909. The fourth-order valence-corrected chi connectivity index (χ4v) is 3.63. The molecule has 0 rings (SSSR count). The maximum Gasteiger partial charge on any atom is 0.321 e. The molecular weight excluding hydrogens is 242 g/mol. The molecular formula is C11H23NO4S. The van der Waals surface area contributed by atoms with E-state index in [-0.39, 0.29) is 23.8 Å². The molecule has 0 aliphatic rings. The lowest BCUT2D eigenvalue weighted by atomic mass is 10.0. The van der Waals surface area contributed by atoms with Crippen molar-refractivity contribution in [2.24, 2.45) is 5.41 Å². The standard InChI is InChI=1S/C11H23NO4S/c1-9(2)12(7-10(13)16-6)17(14,15)8-11(3,4)5/h9H,7-8H2,1-6H3. The molecule has 0 saturated heterocycles. The number of carbonyl (C=O) groups excluding carboxylic acids is 1. The summed E-state index contributed by atoms with van der Waals surface area (Å²) in [6, 6.07) is -0.263. The number of ether oxygens (including phenoxy) is 1. The van der Waals surface area contributed by atoms with Crippen molar-refractivity contribution < 1.29 is 17.9 Å². The zero-order valence-corrected chi connectivity index (χ0v) is 12.3. The number of hydrogen-bond acceptors (Lipinski definition) is 4. The molecule has 102 valence electrons. The largest absolute Gasteiger partial charge is 0.468 e. The van der Waals surface area contributed by atoms with Crippen molar-refractivity contribution in [3.05, 3.63) is 0 Å². The number of carbonyl (C=O) groups is 1. The molecule has 0 fully saturated rings. The molecule has 0 aliphatic heterocycles. The third-order valence-corrected chi connectivity index (χ3v) is 4.56. The second kappa shape index (κ2) is 5.82. The Morgan fingerprint density at radius 2 is 1.76 bits per heavy atom. The van der Waals surface area contributed by atoms with Crippen LogP contribution in [0.25, 0.3) is 0 Å². The summed E-state index contributed by atoms with van der Waals surface area (Å²) in [6.45, 7) is 8.79. The molecule has 0 aromatic carbocycles. The van der Waals surface area contributed by atoms with E-state index in [2.05, 4.69) is 4.74 Å². The first-order valence-corrected chi connectivity index (χ1v) is 7.17. The average molecular weight is 265 g/mol. The highest BCUT2D eigenvalue weighted by Crippen LogP contribution is 2.20. The van der Waals surface area contributed by atoms with Gasteiger partial charge in [-0.05, 0) is 19.3 Å². The van der Waals surface area contributed by atoms with Gasteiger partial charge in [0.1, 0.15) is 6.54 Å². The molecule has 0 N–H and O–H groups in total. The van der Waals surface area contributed by atoms with E-state index in [1.165, 1.54) is 11.4 Å². The predicted molar refractivity (Wildman–Crippen MR) is 67.1 cm³/mol. The first-order chi connectivity index (χ1) is 7.49. The molecule has 6 heteroatoms. The van der Waals surface area contributed by atoms with Crippen molar-refractivity contribution >= 4 is 16.0 Å². The summed E-state index contributed by atoms with van der Waals surface area (Å²) in [7, 11) is -2.20. The first-order valence-electron chi connectivity index (χ1n) is 5.56. The molecule has 0 saturated carbocycles. The number of hydrogen-bond donors (Lipinski definition) is 0. The van der Waals surface area contributed by atoms with Crippen LogP contribution in [0.3, 0.4) is 0 Å². The minimum atomic E-state index is -3.45. The van der Waals surface area contributed by atoms with Gasteiger partial charge in [-0.25, -0.2) is 8.42 Å². The molecule has 0 bridgehead atoms. The summed E-state index contributed by atoms with van der Waals surface area (Å²) in [5, 5.41) is 0. The normalized spacial score (nSPS) is 13.2. The van der Waals surface area contributed by atoms with Crippen LogP contribution in [0.4, 0.5) is 0 Å². The summed E-state index contributed by atoms with van der Waals surface area (Å²) in [6.07, 6.45) is 0. The highest BCUT2D eigenvalue weighted by atomic mass is 32.2. The van der Waals surface area contributed by atoms with Crippen molar-refractivity contribution in [1.82, 2.24) is 4.31 Å². The fourth-order valence-electron chi connectivity index (χ4n) is 1.42. The zero-order valence-electron chi connectivity index (χ0n) is 11.5. The van der Waals surface area contributed by atoms with E-state index >= 15 is 0 Å². The Kier molecular flexibility index (Phi) is 5.61. The topological polar surface area (TPSA) is 63.7 Å². The highest BCUT2D eigenvalue weighted by molar-refractivity contribution is 7.89. The van der Waals surface area contributed by atoms with Gasteiger partial charge in [-0.15, -0.1) is 0 Å². The van der Waals surface area contributed by atoms with E-state index in [9.17, 15) is 13.2 Å². The van der Waals surface area contributed by atoms with Crippen LogP contribution in [0.1, 0.15) is 34.6 Å². The van der Waals surface area contributed by atoms with Crippen LogP contribution in [-0.2, 0) is 19.6 Å². The molecule has 0 radical (unpaired) electrons. The second-order valence-corrected chi connectivity index (χ2v) is 7.45. The maximum absolute atomic E-state index is 12.2. The molecule has 0 aromatic rings. The van der Waals surface area contributed by atoms with E-state index in [0.29, 0.717) is 0 Å². The van der Waals surface area contributed by atoms with Crippen molar-refractivity contribution in [2.75, 3.05) is 19.4 Å². The molecule has 0 amide bonds. The summed E-state index contributed by atoms with van der Waals surface area (Å²) >= 11 is 0. The monoisotopic (exact) mass is 265 g/mol. The summed E-state index contributed by atoms with van der Waals surface area (Å²) in [5.41, 5.74) is -0.345. The summed E-state index contributed by atoms with van der Waals surface area (Å²) in [5.74, 6) is -0.536. The Hall–Kier alpha value is -0.620. The van der Waals surface area contributed by atoms with Gasteiger partial charge in [-0.2, -0.15) is 4.31 Å². The number of esters is 1. The zero-order chi connectivity index (χ0) is 13.9. The van der Waals surface area contributed by atoms with E-state index in [4.69, 9.17) is 0 Å². The smallest absolute Gasteiger partial charge is 0.321 e. The van der Waals surface area contributed by atoms with Crippen LogP contribution in [0, 0.1) is 5.41 Å². The van der Waals surface area contributed by atoms with Gasteiger partial charge in [0, 0.05) is 6.04 Å². The van der Waals surface area contributed by atoms with Crippen molar-refractivity contribution in [1.29, 1.82) is 0 Å². The quantitative estimate of drug-likeness (QED) is 0.702. The van der Waals surface area contributed by atoms with E-state index in [1.54, 1.807) is 13.8 Å². The van der Waals surface area contributed by atoms with Gasteiger partial charge in [0.25, 0.3) is 0 Å². The van der Waals surface area contributed by atoms with E-state index < -0.39 is 16.0 Å². The second-order valence-electron chi connectivity index (χ2n) is 5.53. The summed E-state index contributed by atoms with van der Waals surface area (Å²) < 4.78 is 30.0. The van der Waals surface area contributed by atoms with Crippen LogP contribution < -0.4 is 0 Å². The molecule has 17 heavy (non-hydrogen) atoms. The Labute approximate surface area is 104 Å². The minimum absolute atomic E-state index is 0.00910. The third kappa shape index (κ3) is 6.02. The Morgan fingerprint density at radius 3 is 2.06 bits per heavy atom. The lowest BCUT2D eigenvalue weighted by Gasteiger charge is -2.28. The summed E-state index contributed by atoms with van der Waals surface area (Å²) in [4.78, 5) is 11.2. The van der Waals surface area contributed by atoms with E-state index in [0.717, 1.165) is 0 Å². The SMILES string of the molecule is COC(=O)CN(C(C)C)S(=O)(=O)CC(C)(C)C. The number of nitrogens with zero attached hydrogens (tertiary/aromatic N) is 1. The van der Waals surface area contributed by atoms with Crippen molar-refractivity contribution in [3.63, 3.8) is 0 Å². The number of rotatable bonds is 5. The van der Waals surface area contributed by atoms with Crippen LogP contribution in [-0.4, -0.2) is 44.1 Å². The van der Waals surface area contributed by atoms with Gasteiger partial charge in [0.15, 0.2) is 0 Å². The van der Waals surface area contributed by atoms with Crippen LogP contribution >= 0.6 is 0 Å². The highest BCUT2D eigenvalue weighted by Gasteiger charge is 2.31. The molecule has 0 heterocycles. The van der Waals surface area contributed by atoms with Gasteiger partial charge >= 0.3 is 5.97 Å². The van der Waals surface area contributed by atoms with Gasteiger partial charge in [-0.1, -0.05) is 20.8 Å². The van der Waals surface area contributed by atoms with Crippen molar-refractivity contribution in [2.45, 2.75) is 40.7 Å². The molecule has 5 nitrogen and oxygen atoms in total. The predicted octanol–water partition coefficient (Wildman–Crippen LogP) is 1.25. The van der Waals surface area contributed by atoms with Gasteiger partial charge in [0.2, 0.25) is 10.0 Å². The van der Waals surface area contributed by atoms with Crippen molar-refractivity contribution in [3.8, 4) is 0 Å². The lowest BCUT2D eigenvalue weighted by molar-refractivity contribution is -0.141. The Balaban J connectivity index is 5.00. The first kappa shape index (κ1) is 16.4. The lowest BCUT2D eigenvalue weighted by Crippen LogP contribution is -2.44. The molecule has 0 aromatic heterocycles. The molecule has 0 aliphatic carbocycles. The third-order valence-electron chi connectivity index (χ3n) is 2.06. The van der Waals surface area contributed by atoms with E-state index in [1.807, 2.05) is 20.8 Å². The van der Waals surface area contributed by atoms with Gasteiger partial charge in [0.05, 0.1) is 12.9 Å². The molecule has 0 spiro atoms.